The number of aromatic nitrogens is 3. The molecule has 2 aromatic carbocycles. The molecule has 0 saturated carbocycles. The van der Waals surface area contributed by atoms with Crippen molar-refractivity contribution in [1.29, 1.82) is 0 Å². The van der Waals surface area contributed by atoms with Crippen molar-refractivity contribution in [2.24, 2.45) is 0 Å². The first-order chi connectivity index (χ1) is 11.7. The molecule has 0 aliphatic heterocycles. The smallest absolute Gasteiger partial charge is 0.117 e. The van der Waals surface area contributed by atoms with Gasteiger partial charge in [-0.3, -0.25) is 0 Å². The summed E-state index contributed by atoms with van der Waals surface area (Å²) in [5.74, 6) is 0. The van der Waals surface area contributed by atoms with Gasteiger partial charge in [-0.2, -0.15) is 15.0 Å². The van der Waals surface area contributed by atoms with Crippen LogP contribution in [0, 0.1) is 0 Å². The monoisotopic (exact) mass is 320 g/mol. The van der Waals surface area contributed by atoms with Crippen LogP contribution in [-0.4, -0.2) is 21.5 Å². The van der Waals surface area contributed by atoms with E-state index in [2.05, 4.69) is 65.8 Å². The predicted molar refractivity (Wildman–Crippen MR) is 97.7 cm³/mol. The Balaban J connectivity index is 1.68. The molecular formula is C20H24N4. The first-order valence-corrected chi connectivity index (χ1v) is 8.50. The zero-order valence-corrected chi connectivity index (χ0v) is 14.3. The number of nitrogens with zero attached hydrogens (tertiary/aromatic N) is 3. The highest BCUT2D eigenvalue weighted by Gasteiger charge is 2.14. The normalized spacial score (nSPS) is 11.1. The van der Waals surface area contributed by atoms with Crippen LogP contribution >= 0.6 is 0 Å². The second kappa shape index (κ2) is 7.88. The van der Waals surface area contributed by atoms with Crippen molar-refractivity contribution in [2.75, 3.05) is 6.54 Å². The molecule has 1 N–H and O–H groups in total. The SMILES string of the molecule is CC(C)n1nc(CNCCc2ccccc2)c(-c2ccccc2)n1. The molecule has 4 heteroatoms. The van der Waals surface area contributed by atoms with Crippen LogP contribution < -0.4 is 5.32 Å². The van der Waals surface area contributed by atoms with Crippen LogP contribution in [-0.2, 0) is 13.0 Å². The quantitative estimate of drug-likeness (QED) is 0.672. The lowest BCUT2D eigenvalue weighted by Gasteiger charge is -2.04. The van der Waals surface area contributed by atoms with Crippen molar-refractivity contribution < 1.29 is 0 Å². The second-order valence-corrected chi connectivity index (χ2v) is 6.19. The van der Waals surface area contributed by atoms with Crippen LogP contribution in [0.4, 0.5) is 0 Å². The van der Waals surface area contributed by atoms with Crippen molar-refractivity contribution in [3.63, 3.8) is 0 Å². The lowest BCUT2D eigenvalue weighted by Crippen LogP contribution is -2.17. The van der Waals surface area contributed by atoms with Crippen molar-refractivity contribution in [2.45, 2.75) is 32.9 Å². The van der Waals surface area contributed by atoms with E-state index in [0.29, 0.717) is 0 Å². The highest BCUT2D eigenvalue weighted by molar-refractivity contribution is 5.60. The van der Waals surface area contributed by atoms with Gasteiger partial charge in [-0.25, -0.2) is 0 Å². The fraction of sp³-hybridized carbons (Fsp3) is 0.300. The first kappa shape index (κ1) is 16.4. The maximum absolute atomic E-state index is 4.68. The molecule has 0 bridgehead atoms. The van der Waals surface area contributed by atoms with E-state index in [-0.39, 0.29) is 6.04 Å². The minimum atomic E-state index is 0.255. The van der Waals surface area contributed by atoms with Gasteiger partial charge >= 0.3 is 0 Å². The Kier molecular flexibility index (Phi) is 5.39. The maximum Gasteiger partial charge on any atom is 0.117 e. The number of hydrogen-bond donors (Lipinski definition) is 1. The third kappa shape index (κ3) is 4.09. The molecule has 1 aromatic heterocycles. The fourth-order valence-electron chi connectivity index (χ4n) is 2.61. The largest absolute Gasteiger partial charge is 0.311 e. The topological polar surface area (TPSA) is 42.7 Å². The van der Waals surface area contributed by atoms with Crippen LogP contribution in [0.15, 0.2) is 60.7 Å². The molecule has 3 aromatic rings. The van der Waals surface area contributed by atoms with Crippen LogP contribution in [0.1, 0.15) is 31.1 Å². The van der Waals surface area contributed by atoms with Gasteiger partial charge in [-0.15, -0.1) is 0 Å². The molecule has 0 unspecified atom stereocenters. The van der Waals surface area contributed by atoms with Crippen LogP contribution in [0.3, 0.4) is 0 Å². The molecule has 24 heavy (non-hydrogen) atoms. The number of nitrogens with one attached hydrogen (secondary N) is 1. The Bertz CT molecular complexity index is 748. The summed E-state index contributed by atoms with van der Waals surface area (Å²) in [6, 6.07) is 21.1. The van der Waals surface area contributed by atoms with E-state index in [0.717, 1.165) is 36.5 Å². The molecule has 0 radical (unpaired) electrons. The Labute approximate surface area is 143 Å². The third-order valence-electron chi connectivity index (χ3n) is 3.93. The number of hydrogen-bond acceptors (Lipinski definition) is 3. The van der Waals surface area contributed by atoms with Gasteiger partial charge in [0.2, 0.25) is 0 Å². The summed E-state index contributed by atoms with van der Waals surface area (Å²) in [6.45, 7) is 5.85. The summed E-state index contributed by atoms with van der Waals surface area (Å²) in [6.07, 6.45) is 1.01. The van der Waals surface area contributed by atoms with Gasteiger partial charge in [0.1, 0.15) is 11.4 Å². The zero-order valence-electron chi connectivity index (χ0n) is 14.3. The highest BCUT2D eigenvalue weighted by Crippen LogP contribution is 2.21. The summed E-state index contributed by atoms with van der Waals surface area (Å²) < 4.78 is 0. The minimum absolute atomic E-state index is 0.255. The van der Waals surface area contributed by atoms with Gasteiger partial charge < -0.3 is 5.32 Å². The Morgan fingerprint density at radius 3 is 2.25 bits per heavy atom. The van der Waals surface area contributed by atoms with Gasteiger partial charge in [0.15, 0.2) is 0 Å². The van der Waals surface area contributed by atoms with Gasteiger partial charge in [0.25, 0.3) is 0 Å². The zero-order chi connectivity index (χ0) is 16.8. The van der Waals surface area contributed by atoms with E-state index in [9.17, 15) is 0 Å². The average molecular weight is 320 g/mol. The summed E-state index contributed by atoms with van der Waals surface area (Å²) in [7, 11) is 0. The van der Waals surface area contributed by atoms with E-state index in [1.165, 1.54) is 5.56 Å². The highest BCUT2D eigenvalue weighted by atomic mass is 15.5. The number of rotatable bonds is 7. The van der Waals surface area contributed by atoms with E-state index < -0.39 is 0 Å². The Hall–Kier alpha value is -2.46. The van der Waals surface area contributed by atoms with Crippen molar-refractivity contribution in [3.8, 4) is 11.3 Å². The second-order valence-electron chi connectivity index (χ2n) is 6.19. The number of benzene rings is 2. The van der Waals surface area contributed by atoms with Crippen molar-refractivity contribution >= 4 is 0 Å². The van der Waals surface area contributed by atoms with E-state index in [1.54, 1.807) is 4.80 Å². The van der Waals surface area contributed by atoms with Crippen LogP contribution in [0.2, 0.25) is 0 Å². The molecular weight excluding hydrogens is 296 g/mol. The molecule has 124 valence electrons. The molecule has 0 spiro atoms. The first-order valence-electron chi connectivity index (χ1n) is 8.50. The van der Waals surface area contributed by atoms with Crippen molar-refractivity contribution in [3.05, 3.63) is 71.9 Å². The van der Waals surface area contributed by atoms with Gasteiger partial charge in [0, 0.05) is 12.1 Å². The molecule has 0 aliphatic rings. The lowest BCUT2D eigenvalue weighted by molar-refractivity contribution is 0.462. The lowest BCUT2D eigenvalue weighted by atomic mass is 10.1. The maximum atomic E-state index is 4.68. The summed E-state index contributed by atoms with van der Waals surface area (Å²) in [5.41, 5.74) is 4.43. The van der Waals surface area contributed by atoms with E-state index in [4.69, 9.17) is 0 Å². The van der Waals surface area contributed by atoms with Gasteiger partial charge in [-0.1, -0.05) is 60.7 Å². The minimum Gasteiger partial charge on any atom is -0.311 e. The van der Waals surface area contributed by atoms with Crippen LogP contribution in [0.5, 0.6) is 0 Å². The van der Waals surface area contributed by atoms with Gasteiger partial charge in [-0.05, 0) is 32.4 Å². The molecule has 0 fully saturated rings. The summed E-state index contributed by atoms with van der Waals surface area (Å²) >= 11 is 0. The molecule has 1 heterocycles. The Morgan fingerprint density at radius 1 is 0.917 bits per heavy atom. The third-order valence-corrected chi connectivity index (χ3v) is 3.93. The molecule has 3 rings (SSSR count). The van der Waals surface area contributed by atoms with E-state index >= 15 is 0 Å². The van der Waals surface area contributed by atoms with E-state index in [1.807, 2.05) is 24.3 Å². The van der Waals surface area contributed by atoms with Crippen LogP contribution in [0.25, 0.3) is 11.3 Å². The average Bonchev–Trinajstić information content (AvgIpc) is 3.05. The molecule has 0 amide bonds. The summed E-state index contributed by atoms with van der Waals surface area (Å²) in [5, 5.41) is 12.9. The van der Waals surface area contributed by atoms with Gasteiger partial charge in [0.05, 0.1) is 6.04 Å². The van der Waals surface area contributed by atoms with Crippen molar-refractivity contribution in [1.82, 2.24) is 20.3 Å². The Morgan fingerprint density at radius 2 is 1.58 bits per heavy atom. The molecule has 0 saturated heterocycles. The standard InChI is InChI=1S/C20H24N4/c1-16(2)24-22-19(20(23-24)18-11-7-4-8-12-18)15-21-14-13-17-9-5-3-6-10-17/h3-12,16,21H,13-15H2,1-2H3. The fourth-order valence-corrected chi connectivity index (χ4v) is 2.61. The molecule has 0 aliphatic carbocycles. The molecule has 4 nitrogen and oxygen atoms in total. The molecule has 0 atom stereocenters. The summed E-state index contributed by atoms with van der Waals surface area (Å²) in [4.78, 5) is 1.80. The predicted octanol–water partition coefficient (Wildman–Crippen LogP) is 3.86.